The smallest absolute Gasteiger partial charge is 0.294 e. The summed E-state index contributed by atoms with van der Waals surface area (Å²) in [6.45, 7) is 2.00. The number of carbonyl (C=O) groups excluding carboxylic acids is 3. The van der Waals surface area contributed by atoms with Gasteiger partial charge < -0.3 is 10.1 Å². The highest BCUT2D eigenvalue weighted by Gasteiger charge is 2.36. The van der Waals surface area contributed by atoms with Crippen LogP contribution in [0.1, 0.15) is 12.5 Å². The van der Waals surface area contributed by atoms with Crippen molar-refractivity contribution in [1.82, 2.24) is 4.90 Å². The van der Waals surface area contributed by atoms with E-state index in [1.165, 1.54) is 0 Å². The van der Waals surface area contributed by atoms with Crippen LogP contribution in [0, 0.1) is 0 Å². The Hall–Kier alpha value is -2.58. The normalized spacial score (nSPS) is 15.2. The summed E-state index contributed by atoms with van der Waals surface area (Å²) >= 11 is 4.20. The van der Waals surface area contributed by atoms with Crippen LogP contribution in [0.15, 0.2) is 57.9 Å². The molecule has 1 aliphatic rings. The molecule has 28 heavy (non-hydrogen) atoms. The van der Waals surface area contributed by atoms with Gasteiger partial charge in [0.25, 0.3) is 11.1 Å². The Morgan fingerprint density at radius 3 is 2.68 bits per heavy atom. The molecule has 1 fully saturated rings. The summed E-state index contributed by atoms with van der Waals surface area (Å²) in [6, 6.07) is 14.3. The number of benzene rings is 2. The minimum absolute atomic E-state index is 0.247. The van der Waals surface area contributed by atoms with Crippen molar-refractivity contribution in [2.75, 3.05) is 18.5 Å². The number of halogens is 1. The third-order valence-corrected chi connectivity index (χ3v) is 5.19. The number of nitrogens with one attached hydrogen (secondary N) is 1. The Kier molecular flexibility index (Phi) is 6.53. The lowest BCUT2D eigenvalue weighted by atomic mass is 10.2. The Balaban J connectivity index is 1.75. The molecule has 1 heterocycles. The lowest BCUT2D eigenvalue weighted by Gasteiger charge is -2.12. The molecule has 0 atom stereocenters. The number of hydrogen-bond acceptors (Lipinski definition) is 5. The number of imide groups is 1. The number of nitrogens with zero attached hydrogens (tertiary/aromatic N) is 1. The van der Waals surface area contributed by atoms with Crippen LogP contribution in [0.25, 0.3) is 6.08 Å². The second-order valence-electron chi connectivity index (χ2n) is 5.80. The predicted molar refractivity (Wildman–Crippen MR) is 113 cm³/mol. The zero-order valence-corrected chi connectivity index (χ0v) is 17.4. The second-order valence-corrected chi connectivity index (χ2v) is 7.71. The molecular formula is C20H17BrN2O4S. The summed E-state index contributed by atoms with van der Waals surface area (Å²) in [5, 5.41) is 2.19. The molecule has 2 aromatic rings. The lowest BCUT2D eigenvalue weighted by molar-refractivity contribution is -0.127. The van der Waals surface area contributed by atoms with Gasteiger partial charge in [0, 0.05) is 15.7 Å². The van der Waals surface area contributed by atoms with E-state index in [0.717, 1.165) is 21.1 Å². The van der Waals surface area contributed by atoms with E-state index in [4.69, 9.17) is 4.74 Å². The van der Waals surface area contributed by atoms with Crippen LogP contribution in [-0.4, -0.2) is 35.1 Å². The maximum atomic E-state index is 12.6. The average molecular weight is 461 g/mol. The van der Waals surface area contributed by atoms with Crippen molar-refractivity contribution in [2.45, 2.75) is 6.92 Å². The number of hydrogen-bond donors (Lipinski definition) is 1. The summed E-state index contributed by atoms with van der Waals surface area (Å²) in [5.41, 5.74) is 1.28. The molecule has 0 unspecified atom stereocenters. The fourth-order valence-corrected chi connectivity index (χ4v) is 3.77. The van der Waals surface area contributed by atoms with Gasteiger partial charge in [-0.2, -0.15) is 0 Å². The van der Waals surface area contributed by atoms with E-state index in [2.05, 4.69) is 21.2 Å². The number of rotatable bonds is 6. The number of ether oxygens (including phenoxy) is 1. The molecule has 3 rings (SSSR count). The van der Waals surface area contributed by atoms with E-state index >= 15 is 0 Å². The minimum atomic E-state index is -0.499. The first kappa shape index (κ1) is 20.2. The van der Waals surface area contributed by atoms with E-state index in [1.54, 1.807) is 42.5 Å². The molecule has 0 aromatic heterocycles. The van der Waals surface area contributed by atoms with Crippen molar-refractivity contribution < 1.29 is 19.1 Å². The molecule has 1 N–H and O–H groups in total. The van der Waals surface area contributed by atoms with Crippen molar-refractivity contribution in [2.24, 2.45) is 0 Å². The maximum absolute atomic E-state index is 12.6. The molecular weight excluding hydrogens is 444 g/mol. The molecule has 8 heteroatoms. The van der Waals surface area contributed by atoms with Gasteiger partial charge >= 0.3 is 0 Å². The van der Waals surface area contributed by atoms with Crippen molar-refractivity contribution in [3.63, 3.8) is 0 Å². The van der Waals surface area contributed by atoms with Crippen LogP contribution in [0.4, 0.5) is 10.5 Å². The topological polar surface area (TPSA) is 75.7 Å². The standard InChI is InChI=1S/C20H17BrN2O4S/c1-2-27-16-9-8-14(21)10-13(16)11-17-19(25)23(20(26)28-17)12-18(24)22-15-6-4-3-5-7-15/h3-11H,2,12H2,1H3,(H,22,24)/b17-11-. The third-order valence-electron chi connectivity index (χ3n) is 3.79. The highest BCUT2D eigenvalue weighted by Crippen LogP contribution is 2.34. The van der Waals surface area contributed by atoms with Crippen molar-refractivity contribution in [1.29, 1.82) is 0 Å². The van der Waals surface area contributed by atoms with Gasteiger partial charge in [-0.05, 0) is 55.1 Å². The van der Waals surface area contributed by atoms with Crippen molar-refractivity contribution in [3.8, 4) is 5.75 Å². The first-order valence-electron chi connectivity index (χ1n) is 8.50. The van der Waals surface area contributed by atoms with Crippen LogP contribution in [0.5, 0.6) is 5.75 Å². The number of anilines is 1. The first-order chi connectivity index (χ1) is 13.5. The van der Waals surface area contributed by atoms with Gasteiger partial charge in [-0.1, -0.05) is 34.1 Å². The Labute approximate surface area is 175 Å². The Morgan fingerprint density at radius 1 is 1.21 bits per heavy atom. The molecule has 144 valence electrons. The predicted octanol–water partition coefficient (Wildman–Crippen LogP) is 4.52. The van der Waals surface area contributed by atoms with Gasteiger partial charge in [0.05, 0.1) is 11.5 Å². The zero-order valence-electron chi connectivity index (χ0n) is 15.0. The molecule has 0 saturated carbocycles. The van der Waals surface area contributed by atoms with Gasteiger partial charge in [0.2, 0.25) is 5.91 Å². The Bertz CT molecular complexity index is 946. The molecule has 0 spiro atoms. The minimum Gasteiger partial charge on any atom is -0.493 e. The van der Waals surface area contributed by atoms with Crippen LogP contribution in [0.2, 0.25) is 0 Å². The maximum Gasteiger partial charge on any atom is 0.294 e. The van der Waals surface area contributed by atoms with Gasteiger partial charge in [0.15, 0.2) is 0 Å². The van der Waals surface area contributed by atoms with Crippen LogP contribution in [0.3, 0.4) is 0 Å². The highest BCUT2D eigenvalue weighted by molar-refractivity contribution is 9.10. The number of para-hydroxylation sites is 1. The number of amides is 3. The average Bonchev–Trinajstić information content (AvgIpc) is 2.92. The molecule has 0 radical (unpaired) electrons. The fraction of sp³-hybridized carbons (Fsp3) is 0.150. The lowest BCUT2D eigenvalue weighted by Crippen LogP contribution is -2.36. The molecule has 6 nitrogen and oxygen atoms in total. The second kappa shape index (κ2) is 9.07. The van der Waals surface area contributed by atoms with Crippen LogP contribution in [-0.2, 0) is 9.59 Å². The monoisotopic (exact) mass is 460 g/mol. The quantitative estimate of drug-likeness (QED) is 0.641. The fourth-order valence-electron chi connectivity index (χ4n) is 2.56. The molecule has 1 saturated heterocycles. The van der Waals surface area contributed by atoms with Crippen molar-refractivity contribution >= 4 is 56.5 Å². The molecule has 0 bridgehead atoms. The zero-order chi connectivity index (χ0) is 20.1. The first-order valence-corrected chi connectivity index (χ1v) is 10.1. The summed E-state index contributed by atoms with van der Waals surface area (Å²) in [4.78, 5) is 38.3. The number of thioether (sulfide) groups is 1. The van der Waals surface area contributed by atoms with Crippen LogP contribution < -0.4 is 10.1 Å². The van der Waals surface area contributed by atoms with E-state index in [1.807, 2.05) is 19.1 Å². The van der Waals surface area contributed by atoms with Gasteiger partial charge in [-0.15, -0.1) is 0 Å². The summed E-state index contributed by atoms with van der Waals surface area (Å²) in [6.07, 6.45) is 1.61. The largest absolute Gasteiger partial charge is 0.493 e. The van der Waals surface area contributed by atoms with Gasteiger partial charge in [-0.3, -0.25) is 19.3 Å². The Morgan fingerprint density at radius 2 is 1.96 bits per heavy atom. The number of carbonyl (C=O) groups is 3. The summed E-state index contributed by atoms with van der Waals surface area (Å²) in [7, 11) is 0. The van der Waals surface area contributed by atoms with Crippen LogP contribution >= 0.6 is 27.7 Å². The van der Waals surface area contributed by atoms with E-state index < -0.39 is 17.1 Å². The SMILES string of the molecule is CCOc1ccc(Br)cc1/C=C1\SC(=O)N(CC(=O)Nc2ccccc2)C1=O. The third kappa shape index (κ3) is 4.82. The summed E-state index contributed by atoms with van der Waals surface area (Å²) < 4.78 is 6.40. The van der Waals surface area contributed by atoms with Gasteiger partial charge in [0.1, 0.15) is 12.3 Å². The highest BCUT2D eigenvalue weighted by atomic mass is 79.9. The molecule has 3 amide bonds. The van der Waals surface area contributed by atoms with Gasteiger partial charge in [-0.25, -0.2) is 0 Å². The van der Waals surface area contributed by atoms with E-state index in [-0.39, 0.29) is 11.4 Å². The molecule has 2 aromatic carbocycles. The summed E-state index contributed by atoms with van der Waals surface area (Å²) in [5.74, 6) is -0.327. The van der Waals surface area contributed by atoms with E-state index in [0.29, 0.717) is 23.6 Å². The molecule has 1 aliphatic heterocycles. The van der Waals surface area contributed by atoms with E-state index in [9.17, 15) is 14.4 Å². The van der Waals surface area contributed by atoms with Crippen molar-refractivity contribution in [3.05, 3.63) is 63.5 Å². The molecule has 0 aliphatic carbocycles.